The van der Waals surface area contributed by atoms with Crippen molar-refractivity contribution in [2.75, 3.05) is 0 Å². The average Bonchev–Trinajstić information content (AvgIpc) is 3.23. The van der Waals surface area contributed by atoms with E-state index >= 15 is 0 Å². The molecular formula is C17H16F3N3O3. The quantitative estimate of drug-likeness (QED) is 0.870. The molecule has 1 saturated carbocycles. The molecule has 0 saturated heterocycles. The Morgan fingerprint density at radius 3 is 2.65 bits per heavy atom. The van der Waals surface area contributed by atoms with Crippen LogP contribution in [0.1, 0.15) is 35.3 Å². The lowest BCUT2D eigenvalue weighted by Gasteiger charge is -2.11. The van der Waals surface area contributed by atoms with Crippen molar-refractivity contribution >= 4 is 11.9 Å². The van der Waals surface area contributed by atoms with Gasteiger partial charge in [0, 0.05) is 12.2 Å². The fourth-order valence-corrected chi connectivity index (χ4v) is 3.01. The number of hydrogen-bond donors (Lipinski definition) is 2. The van der Waals surface area contributed by atoms with Gasteiger partial charge in [-0.2, -0.15) is 18.3 Å². The molecule has 6 nitrogen and oxygen atoms in total. The van der Waals surface area contributed by atoms with Crippen molar-refractivity contribution in [3.63, 3.8) is 0 Å². The molecule has 0 spiro atoms. The van der Waals surface area contributed by atoms with Crippen LogP contribution in [-0.2, 0) is 11.0 Å². The number of rotatable bonds is 4. The van der Waals surface area contributed by atoms with Crippen LogP contribution in [0.15, 0.2) is 36.5 Å². The Labute approximate surface area is 146 Å². The predicted molar refractivity (Wildman–Crippen MR) is 84.8 cm³/mol. The zero-order valence-electron chi connectivity index (χ0n) is 13.5. The van der Waals surface area contributed by atoms with Crippen molar-refractivity contribution in [1.82, 2.24) is 15.1 Å². The topological polar surface area (TPSA) is 84.2 Å². The van der Waals surface area contributed by atoms with E-state index in [9.17, 15) is 22.8 Å². The Hall–Kier alpha value is -2.84. The van der Waals surface area contributed by atoms with Crippen LogP contribution in [0.5, 0.6) is 0 Å². The first-order valence-electron chi connectivity index (χ1n) is 8.01. The number of aromatic nitrogens is 2. The van der Waals surface area contributed by atoms with Gasteiger partial charge in [0.15, 0.2) is 5.69 Å². The molecule has 2 aromatic rings. The molecular weight excluding hydrogens is 351 g/mol. The van der Waals surface area contributed by atoms with E-state index in [2.05, 4.69) is 10.4 Å². The Morgan fingerprint density at radius 1 is 1.23 bits per heavy atom. The van der Waals surface area contributed by atoms with Crippen LogP contribution in [0.25, 0.3) is 5.69 Å². The summed E-state index contributed by atoms with van der Waals surface area (Å²) in [5.74, 6) is -1.83. The molecule has 0 bridgehead atoms. The van der Waals surface area contributed by atoms with Crippen LogP contribution in [-0.4, -0.2) is 32.8 Å². The predicted octanol–water partition coefficient (Wildman–Crippen LogP) is 2.87. The van der Waals surface area contributed by atoms with Crippen LogP contribution in [0, 0.1) is 5.92 Å². The Morgan fingerprint density at radius 2 is 2.00 bits per heavy atom. The third kappa shape index (κ3) is 3.87. The number of benzene rings is 1. The van der Waals surface area contributed by atoms with E-state index in [1.54, 1.807) is 0 Å². The van der Waals surface area contributed by atoms with E-state index in [1.165, 1.54) is 29.1 Å². The van der Waals surface area contributed by atoms with Crippen molar-refractivity contribution in [3.05, 3.63) is 47.8 Å². The minimum atomic E-state index is -4.47. The number of carbonyl (C=O) groups excluding carboxylic acids is 1. The van der Waals surface area contributed by atoms with Gasteiger partial charge in [0.05, 0.1) is 17.2 Å². The molecule has 26 heavy (non-hydrogen) atoms. The molecule has 2 N–H and O–H groups in total. The summed E-state index contributed by atoms with van der Waals surface area (Å²) in [6.07, 6.45) is -1.64. The standard InChI is InChI=1S/C17H16F3N3O3/c18-17(19,20)11-2-1-3-13(9-11)23-7-6-14(22-23)15(24)21-12-5-4-10(8-12)16(25)26/h1-3,6-7,9-10,12H,4-5,8H2,(H,21,24)(H,25,26)/t10-,12+/m1/s1. The number of carboxylic acid groups (broad SMARTS) is 1. The molecule has 1 aromatic carbocycles. The maximum absolute atomic E-state index is 12.8. The highest BCUT2D eigenvalue weighted by Crippen LogP contribution is 2.30. The highest BCUT2D eigenvalue weighted by atomic mass is 19.4. The Bertz CT molecular complexity index is 832. The third-order valence-corrected chi connectivity index (χ3v) is 4.38. The summed E-state index contributed by atoms with van der Waals surface area (Å²) in [4.78, 5) is 23.2. The van der Waals surface area contributed by atoms with Crippen molar-refractivity contribution < 1.29 is 27.9 Å². The number of nitrogens with zero attached hydrogens (tertiary/aromatic N) is 2. The number of hydrogen-bond acceptors (Lipinski definition) is 3. The first kappa shape index (κ1) is 18.0. The molecule has 1 aliphatic rings. The van der Waals surface area contributed by atoms with Crippen LogP contribution >= 0.6 is 0 Å². The largest absolute Gasteiger partial charge is 0.481 e. The maximum Gasteiger partial charge on any atom is 0.416 e. The van der Waals surface area contributed by atoms with Gasteiger partial charge in [0.25, 0.3) is 5.91 Å². The van der Waals surface area contributed by atoms with Crippen molar-refractivity contribution in [2.24, 2.45) is 5.92 Å². The van der Waals surface area contributed by atoms with Gasteiger partial charge >= 0.3 is 12.1 Å². The Kier molecular flexibility index (Phi) is 4.71. The van der Waals surface area contributed by atoms with Gasteiger partial charge in [-0.3, -0.25) is 9.59 Å². The minimum Gasteiger partial charge on any atom is -0.481 e. The number of halogens is 3. The van der Waals surface area contributed by atoms with Crippen LogP contribution < -0.4 is 5.32 Å². The monoisotopic (exact) mass is 367 g/mol. The molecule has 138 valence electrons. The van der Waals surface area contributed by atoms with Crippen LogP contribution in [0.2, 0.25) is 0 Å². The van der Waals surface area contributed by atoms with E-state index in [0.717, 1.165) is 12.1 Å². The highest BCUT2D eigenvalue weighted by molar-refractivity contribution is 5.92. The summed E-state index contributed by atoms with van der Waals surface area (Å²) in [7, 11) is 0. The van der Waals surface area contributed by atoms with E-state index in [-0.39, 0.29) is 17.4 Å². The van der Waals surface area contributed by atoms with E-state index < -0.39 is 29.5 Å². The highest BCUT2D eigenvalue weighted by Gasteiger charge is 2.32. The lowest BCUT2D eigenvalue weighted by atomic mass is 10.1. The smallest absolute Gasteiger partial charge is 0.416 e. The maximum atomic E-state index is 12.8. The average molecular weight is 367 g/mol. The van der Waals surface area contributed by atoms with Crippen molar-refractivity contribution in [2.45, 2.75) is 31.5 Å². The second-order valence-electron chi connectivity index (χ2n) is 6.21. The fraction of sp³-hybridized carbons (Fsp3) is 0.353. The third-order valence-electron chi connectivity index (χ3n) is 4.38. The zero-order chi connectivity index (χ0) is 18.9. The molecule has 1 aromatic heterocycles. The second kappa shape index (κ2) is 6.81. The molecule has 1 heterocycles. The van der Waals surface area contributed by atoms with Gasteiger partial charge in [-0.1, -0.05) is 6.07 Å². The zero-order valence-corrected chi connectivity index (χ0v) is 13.5. The molecule has 1 fully saturated rings. The SMILES string of the molecule is O=C(N[C@H]1CC[C@@H](C(=O)O)C1)c1ccn(-c2cccc(C(F)(F)F)c2)n1. The lowest BCUT2D eigenvalue weighted by Crippen LogP contribution is -2.33. The number of carboxylic acids is 1. The van der Waals surface area contributed by atoms with Gasteiger partial charge < -0.3 is 10.4 Å². The van der Waals surface area contributed by atoms with Gasteiger partial charge in [-0.15, -0.1) is 0 Å². The van der Waals surface area contributed by atoms with Crippen LogP contribution in [0.4, 0.5) is 13.2 Å². The number of nitrogens with one attached hydrogen (secondary N) is 1. The van der Waals surface area contributed by atoms with E-state index in [0.29, 0.717) is 19.3 Å². The number of carbonyl (C=O) groups is 2. The normalized spacial score (nSPS) is 20.1. The van der Waals surface area contributed by atoms with Crippen LogP contribution in [0.3, 0.4) is 0 Å². The van der Waals surface area contributed by atoms with Crippen molar-refractivity contribution in [1.29, 1.82) is 0 Å². The fourth-order valence-electron chi connectivity index (χ4n) is 3.01. The molecule has 1 amide bonds. The van der Waals surface area contributed by atoms with Gasteiger partial charge in [0.2, 0.25) is 0 Å². The van der Waals surface area contributed by atoms with Crippen molar-refractivity contribution in [3.8, 4) is 5.69 Å². The summed E-state index contributed by atoms with van der Waals surface area (Å²) in [5.41, 5.74) is -0.561. The summed E-state index contributed by atoms with van der Waals surface area (Å²) < 4.78 is 39.6. The number of aliphatic carboxylic acids is 1. The first-order chi connectivity index (χ1) is 12.2. The van der Waals surface area contributed by atoms with Gasteiger partial charge in [-0.05, 0) is 43.5 Å². The number of alkyl halides is 3. The first-order valence-corrected chi connectivity index (χ1v) is 8.01. The summed E-state index contributed by atoms with van der Waals surface area (Å²) in [6, 6.07) is 5.78. The lowest BCUT2D eigenvalue weighted by molar-refractivity contribution is -0.141. The summed E-state index contributed by atoms with van der Waals surface area (Å²) >= 11 is 0. The summed E-state index contributed by atoms with van der Waals surface area (Å²) in [5, 5.41) is 15.7. The van der Waals surface area contributed by atoms with Gasteiger partial charge in [0.1, 0.15) is 0 Å². The molecule has 3 rings (SSSR count). The minimum absolute atomic E-state index is 0.0567. The molecule has 0 aliphatic heterocycles. The molecule has 2 atom stereocenters. The van der Waals surface area contributed by atoms with Gasteiger partial charge in [-0.25, -0.2) is 4.68 Å². The molecule has 9 heteroatoms. The Balaban J connectivity index is 1.70. The molecule has 0 radical (unpaired) electrons. The second-order valence-corrected chi connectivity index (χ2v) is 6.21. The number of amides is 1. The molecule has 1 aliphatic carbocycles. The van der Waals surface area contributed by atoms with E-state index in [4.69, 9.17) is 5.11 Å². The summed E-state index contributed by atoms with van der Waals surface area (Å²) in [6.45, 7) is 0. The molecule has 0 unspecified atom stereocenters. The van der Waals surface area contributed by atoms with E-state index in [1.807, 2.05) is 0 Å².